The zero-order valence-corrected chi connectivity index (χ0v) is 13.4. The lowest BCUT2D eigenvalue weighted by Crippen LogP contribution is -2.03. The second kappa shape index (κ2) is 5.48. The van der Waals surface area contributed by atoms with Gasteiger partial charge in [-0.1, -0.05) is 51.8 Å². The van der Waals surface area contributed by atoms with E-state index in [0.717, 1.165) is 32.3 Å². The fraction of sp³-hybridized carbons (Fsp3) is 0.294. The van der Waals surface area contributed by atoms with Crippen molar-refractivity contribution in [3.8, 4) is 0 Å². The molecule has 0 fully saturated rings. The molecule has 2 aromatic rings. The van der Waals surface area contributed by atoms with E-state index in [2.05, 4.69) is 42.8 Å². The summed E-state index contributed by atoms with van der Waals surface area (Å²) in [4.78, 5) is 0. The average molecular weight is 319 g/mol. The van der Waals surface area contributed by atoms with E-state index in [1.54, 1.807) is 0 Å². The average Bonchev–Trinajstić information content (AvgIpc) is 2.34. The molecular weight excluding hydrogens is 300 g/mol. The topological polar surface area (TPSA) is 20.2 Å². The second-order valence-corrected chi connectivity index (χ2v) is 6.02. The van der Waals surface area contributed by atoms with Crippen molar-refractivity contribution in [2.45, 2.75) is 33.8 Å². The zero-order valence-electron chi connectivity index (χ0n) is 11.8. The summed E-state index contributed by atoms with van der Waals surface area (Å²) in [7, 11) is 0. The molecule has 0 heterocycles. The highest BCUT2D eigenvalue weighted by atomic mass is 79.9. The molecule has 1 atom stereocenters. The highest BCUT2D eigenvalue weighted by Crippen LogP contribution is 2.30. The number of halogens is 1. The van der Waals surface area contributed by atoms with Crippen LogP contribution in [-0.2, 0) is 0 Å². The molecule has 0 spiro atoms. The lowest BCUT2D eigenvalue weighted by Gasteiger charge is -2.17. The first-order valence-corrected chi connectivity index (χ1v) is 7.21. The summed E-state index contributed by atoms with van der Waals surface area (Å²) in [5, 5.41) is 10.6. The van der Waals surface area contributed by atoms with E-state index < -0.39 is 6.10 Å². The van der Waals surface area contributed by atoms with E-state index >= 15 is 0 Å². The predicted octanol–water partition coefficient (Wildman–Crippen LogP) is 4.76. The van der Waals surface area contributed by atoms with Crippen LogP contribution in [0.1, 0.15) is 39.5 Å². The molecule has 19 heavy (non-hydrogen) atoms. The number of aliphatic hydroxyl groups is 1. The van der Waals surface area contributed by atoms with Gasteiger partial charge < -0.3 is 5.11 Å². The number of benzene rings is 2. The Labute approximate surface area is 123 Å². The summed E-state index contributed by atoms with van der Waals surface area (Å²) in [5.74, 6) is 0. The van der Waals surface area contributed by atoms with Crippen LogP contribution in [0.25, 0.3) is 0 Å². The number of aliphatic hydroxyl groups excluding tert-OH is 1. The highest BCUT2D eigenvalue weighted by Gasteiger charge is 2.14. The molecule has 100 valence electrons. The Bertz CT molecular complexity index is 594. The minimum absolute atomic E-state index is 0.564. The Kier molecular flexibility index (Phi) is 4.12. The van der Waals surface area contributed by atoms with Gasteiger partial charge in [0.1, 0.15) is 6.10 Å². The second-order valence-electron chi connectivity index (χ2n) is 5.23. The van der Waals surface area contributed by atoms with E-state index in [-0.39, 0.29) is 0 Å². The van der Waals surface area contributed by atoms with Crippen molar-refractivity contribution < 1.29 is 5.11 Å². The number of hydrogen-bond donors (Lipinski definition) is 1. The third kappa shape index (κ3) is 2.90. The highest BCUT2D eigenvalue weighted by molar-refractivity contribution is 9.10. The van der Waals surface area contributed by atoms with Crippen LogP contribution in [-0.4, -0.2) is 5.11 Å². The molecule has 0 saturated carbocycles. The number of hydrogen-bond acceptors (Lipinski definition) is 1. The molecule has 2 heteroatoms. The SMILES string of the molecule is Cc1ccc(C(O)c2cc(C)c(Br)c(C)c2)c(C)c1. The monoisotopic (exact) mass is 318 g/mol. The summed E-state index contributed by atoms with van der Waals surface area (Å²) in [6.45, 7) is 8.21. The van der Waals surface area contributed by atoms with Crippen molar-refractivity contribution in [2.24, 2.45) is 0 Å². The molecule has 0 aliphatic rings. The molecule has 0 radical (unpaired) electrons. The third-order valence-corrected chi connectivity index (χ3v) is 4.75. The van der Waals surface area contributed by atoms with E-state index in [9.17, 15) is 5.11 Å². The van der Waals surface area contributed by atoms with E-state index in [1.165, 1.54) is 5.56 Å². The fourth-order valence-corrected chi connectivity index (χ4v) is 2.68. The van der Waals surface area contributed by atoms with Crippen LogP contribution >= 0.6 is 15.9 Å². The van der Waals surface area contributed by atoms with Gasteiger partial charge in [-0.3, -0.25) is 0 Å². The zero-order chi connectivity index (χ0) is 14.2. The summed E-state index contributed by atoms with van der Waals surface area (Å²) < 4.78 is 1.11. The summed E-state index contributed by atoms with van der Waals surface area (Å²) >= 11 is 3.56. The van der Waals surface area contributed by atoms with Crippen LogP contribution in [0.15, 0.2) is 34.8 Å². The largest absolute Gasteiger partial charge is 0.384 e. The maximum atomic E-state index is 10.6. The molecule has 0 amide bonds. The molecule has 2 rings (SSSR count). The maximum Gasteiger partial charge on any atom is 0.104 e. The van der Waals surface area contributed by atoms with Gasteiger partial charge >= 0.3 is 0 Å². The van der Waals surface area contributed by atoms with Gasteiger partial charge in [-0.2, -0.15) is 0 Å². The van der Waals surface area contributed by atoms with Crippen molar-refractivity contribution in [3.63, 3.8) is 0 Å². The maximum absolute atomic E-state index is 10.6. The minimum atomic E-state index is -0.564. The van der Waals surface area contributed by atoms with Crippen molar-refractivity contribution in [1.29, 1.82) is 0 Å². The molecule has 0 aliphatic heterocycles. The number of rotatable bonds is 2. The predicted molar refractivity (Wildman–Crippen MR) is 83.6 cm³/mol. The van der Waals surface area contributed by atoms with Gasteiger partial charge in [-0.05, 0) is 55.5 Å². The van der Waals surface area contributed by atoms with Crippen LogP contribution in [0.5, 0.6) is 0 Å². The molecule has 2 aromatic carbocycles. The molecule has 1 nitrogen and oxygen atoms in total. The Morgan fingerprint density at radius 3 is 2.00 bits per heavy atom. The summed E-state index contributed by atoms with van der Waals surface area (Å²) in [6.07, 6.45) is -0.564. The molecule has 1 unspecified atom stereocenters. The van der Waals surface area contributed by atoms with Crippen LogP contribution < -0.4 is 0 Å². The molecular formula is C17H19BrO. The van der Waals surface area contributed by atoms with E-state index in [0.29, 0.717) is 0 Å². The van der Waals surface area contributed by atoms with Gasteiger partial charge in [0.05, 0.1) is 0 Å². The molecule has 0 saturated heterocycles. The normalized spacial score (nSPS) is 12.5. The first-order valence-electron chi connectivity index (χ1n) is 6.42. The van der Waals surface area contributed by atoms with Crippen LogP contribution in [0, 0.1) is 27.7 Å². The lowest BCUT2D eigenvalue weighted by atomic mass is 9.94. The molecule has 0 bridgehead atoms. The van der Waals surface area contributed by atoms with Gasteiger partial charge in [0.2, 0.25) is 0 Å². The Hall–Kier alpha value is -1.12. The van der Waals surface area contributed by atoms with Gasteiger partial charge in [0.25, 0.3) is 0 Å². The molecule has 0 aromatic heterocycles. The van der Waals surface area contributed by atoms with Crippen molar-refractivity contribution in [1.82, 2.24) is 0 Å². The van der Waals surface area contributed by atoms with Gasteiger partial charge in [-0.15, -0.1) is 0 Å². The van der Waals surface area contributed by atoms with Gasteiger partial charge in [0.15, 0.2) is 0 Å². The smallest absolute Gasteiger partial charge is 0.104 e. The van der Waals surface area contributed by atoms with E-state index in [1.807, 2.05) is 31.2 Å². The lowest BCUT2D eigenvalue weighted by molar-refractivity contribution is 0.219. The Morgan fingerprint density at radius 1 is 0.895 bits per heavy atom. The van der Waals surface area contributed by atoms with Gasteiger partial charge in [0, 0.05) is 4.47 Å². The molecule has 0 aliphatic carbocycles. The standard InChI is InChI=1S/C17H19BrO/c1-10-5-6-15(11(2)7-10)17(19)14-8-12(3)16(18)13(4)9-14/h5-9,17,19H,1-4H3. The van der Waals surface area contributed by atoms with Crippen LogP contribution in [0.4, 0.5) is 0 Å². The van der Waals surface area contributed by atoms with Crippen molar-refractivity contribution in [3.05, 3.63) is 68.2 Å². The first kappa shape index (κ1) is 14.3. The van der Waals surface area contributed by atoms with E-state index in [4.69, 9.17) is 0 Å². The third-order valence-electron chi connectivity index (χ3n) is 3.49. The van der Waals surface area contributed by atoms with Crippen molar-refractivity contribution in [2.75, 3.05) is 0 Å². The Balaban J connectivity index is 2.47. The van der Waals surface area contributed by atoms with Crippen molar-refractivity contribution >= 4 is 15.9 Å². The number of aryl methyl sites for hydroxylation is 4. The molecule has 1 N–H and O–H groups in total. The summed E-state index contributed by atoms with van der Waals surface area (Å²) in [6, 6.07) is 10.3. The minimum Gasteiger partial charge on any atom is -0.384 e. The fourth-order valence-electron chi connectivity index (χ4n) is 2.45. The summed E-state index contributed by atoms with van der Waals surface area (Å²) in [5.41, 5.74) is 6.58. The van der Waals surface area contributed by atoms with Gasteiger partial charge in [-0.25, -0.2) is 0 Å². The van der Waals surface area contributed by atoms with Crippen LogP contribution in [0.2, 0.25) is 0 Å². The van der Waals surface area contributed by atoms with Crippen LogP contribution in [0.3, 0.4) is 0 Å². The Morgan fingerprint density at radius 2 is 1.47 bits per heavy atom. The quantitative estimate of drug-likeness (QED) is 0.846. The first-order chi connectivity index (χ1) is 8.90.